The highest BCUT2D eigenvalue weighted by Gasteiger charge is 2.28. The van der Waals surface area contributed by atoms with E-state index in [1.54, 1.807) is 18.2 Å². The molecule has 0 bridgehead atoms. The lowest BCUT2D eigenvalue weighted by atomic mass is 9.94. The van der Waals surface area contributed by atoms with E-state index in [0.717, 1.165) is 37.1 Å². The Hall–Kier alpha value is -3.00. The van der Waals surface area contributed by atoms with Gasteiger partial charge in [-0.05, 0) is 64.0 Å². The lowest BCUT2D eigenvalue weighted by molar-refractivity contribution is 0.0692. The number of hydrogen-bond donors (Lipinski definition) is 2. The molecule has 2 aromatic carbocycles. The predicted molar refractivity (Wildman–Crippen MR) is 140 cm³/mol. The zero-order valence-corrected chi connectivity index (χ0v) is 20.7. The summed E-state index contributed by atoms with van der Waals surface area (Å²) in [6.45, 7) is 4.99. The van der Waals surface area contributed by atoms with E-state index in [9.17, 15) is 9.90 Å². The maximum absolute atomic E-state index is 12.7. The van der Waals surface area contributed by atoms with Crippen molar-refractivity contribution in [2.24, 2.45) is 0 Å². The van der Waals surface area contributed by atoms with Crippen LogP contribution in [-0.2, 0) is 6.54 Å². The molecule has 0 radical (unpaired) electrons. The van der Waals surface area contributed by atoms with E-state index in [-0.39, 0.29) is 13.2 Å². The number of fused-ring (bicyclic) bond motifs is 1. The van der Waals surface area contributed by atoms with Gasteiger partial charge in [-0.1, -0.05) is 36.8 Å². The molecule has 5 rings (SSSR count). The highest BCUT2D eigenvalue weighted by Crippen LogP contribution is 2.34. The van der Waals surface area contributed by atoms with Crippen LogP contribution in [0.2, 0.25) is 0 Å². The number of aromatic carboxylic acids is 1. The molecule has 0 unspecified atom stereocenters. The van der Waals surface area contributed by atoms with E-state index in [4.69, 9.17) is 14.8 Å². The lowest BCUT2D eigenvalue weighted by Crippen LogP contribution is -2.46. The first-order valence-electron chi connectivity index (χ1n) is 13.1. The SMILES string of the molecule is O=C(O)c1c(CN2CCC(N3CCCCC3)CC2)c(-c2ccccc2)nc2cc(OCCO)ccc12. The summed E-state index contributed by atoms with van der Waals surface area (Å²) >= 11 is 0. The van der Waals surface area contributed by atoms with E-state index in [1.165, 1.54) is 32.4 Å². The van der Waals surface area contributed by atoms with Crippen molar-refractivity contribution in [3.63, 3.8) is 0 Å². The first kappa shape index (κ1) is 24.7. The van der Waals surface area contributed by atoms with E-state index in [2.05, 4.69) is 9.80 Å². The number of ether oxygens (including phenoxy) is 1. The summed E-state index contributed by atoms with van der Waals surface area (Å²) in [4.78, 5) is 22.7. The topological polar surface area (TPSA) is 86.1 Å². The Kier molecular flexibility index (Phi) is 7.80. The molecule has 3 aromatic rings. The van der Waals surface area contributed by atoms with Crippen molar-refractivity contribution >= 4 is 16.9 Å². The molecule has 2 aliphatic rings. The second kappa shape index (κ2) is 11.4. The average Bonchev–Trinajstić information content (AvgIpc) is 2.92. The van der Waals surface area contributed by atoms with Gasteiger partial charge in [-0.25, -0.2) is 9.78 Å². The zero-order valence-electron chi connectivity index (χ0n) is 20.7. The highest BCUT2D eigenvalue weighted by molar-refractivity contribution is 6.06. The van der Waals surface area contributed by atoms with Crippen molar-refractivity contribution in [3.8, 4) is 17.0 Å². The third-order valence-electron chi connectivity index (χ3n) is 7.53. The lowest BCUT2D eigenvalue weighted by Gasteiger charge is -2.40. The number of benzene rings is 2. The Labute approximate surface area is 212 Å². The maximum atomic E-state index is 12.7. The quantitative estimate of drug-likeness (QED) is 0.484. The number of piperidine rings is 2. The van der Waals surface area contributed by atoms with Gasteiger partial charge in [0.2, 0.25) is 0 Å². The summed E-state index contributed by atoms with van der Waals surface area (Å²) < 4.78 is 5.57. The minimum absolute atomic E-state index is 0.0888. The molecular formula is C29H35N3O4. The molecule has 0 aliphatic carbocycles. The van der Waals surface area contributed by atoms with Gasteiger partial charge in [0, 0.05) is 35.2 Å². The number of rotatable bonds is 8. The monoisotopic (exact) mass is 489 g/mol. The molecule has 2 fully saturated rings. The van der Waals surface area contributed by atoms with Crippen molar-refractivity contribution in [2.75, 3.05) is 39.4 Å². The smallest absolute Gasteiger partial charge is 0.336 e. The van der Waals surface area contributed by atoms with Crippen molar-refractivity contribution in [3.05, 3.63) is 59.7 Å². The minimum Gasteiger partial charge on any atom is -0.491 e. The van der Waals surface area contributed by atoms with Crippen molar-refractivity contribution in [2.45, 2.75) is 44.7 Å². The number of carbonyl (C=O) groups is 1. The van der Waals surface area contributed by atoms with Gasteiger partial charge in [-0.3, -0.25) is 4.90 Å². The van der Waals surface area contributed by atoms with Crippen LogP contribution < -0.4 is 4.74 Å². The standard InChI is InChI=1S/C29H35N3O4/c33-17-18-36-23-9-10-24-26(19-23)30-28(21-7-3-1-4-8-21)25(27(24)29(34)35)20-31-15-11-22(12-16-31)32-13-5-2-6-14-32/h1,3-4,7-10,19,22,33H,2,5-6,11-18,20H2,(H,34,35). The van der Waals surface area contributed by atoms with Gasteiger partial charge in [0.25, 0.3) is 0 Å². The van der Waals surface area contributed by atoms with Crippen molar-refractivity contribution in [1.82, 2.24) is 14.8 Å². The highest BCUT2D eigenvalue weighted by atomic mass is 16.5. The maximum Gasteiger partial charge on any atom is 0.336 e. The van der Waals surface area contributed by atoms with Gasteiger partial charge in [0.1, 0.15) is 12.4 Å². The summed E-state index contributed by atoms with van der Waals surface area (Å²) in [5.74, 6) is -0.381. The van der Waals surface area contributed by atoms with Crippen LogP contribution in [0.3, 0.4) is 0 Å². The summed E-state index contributed by atoms with van der Waals surface area (Å²) in [5.41, 5.74) is 3.27. The summed E-state index contributed by atoms with van der Waals surface area (Å²) in [7, 11) is 0. The Morgan fingerprint density at radius 1 is 1.00 bits per heavy atom. The van der Waals surface area contributed by atoms with Crippen LogP contribution in [0.15, 0.2) is 48.5 Å². The van der Waals surface area contributed by atoms with Gasteiger partial charge >= 0.3 is 5.97 Å². The molecule has 2 aliphatic heterocycles. The summed E-state index contributed by atoms with van der Waals surface area (Å²) in [5, 5.41) is 20.1. The summed E-state index contributed by atoms with van der Waals surface area (Å²) in [6, 6.07) is 15.8. The molecule has 190 valence electrons. The number of aliphatic hydroxyl groups excluding tert-OH is 1. The van der Waals surface area contributed by atoms with Gasteiger partial charge in [0.05, 0.1) is 23.4 Å². The number of pyridine rings is 1. The van der Waals surface area contributed by atoms with Crippen LogP contribution in [0.4, 0.5) is 0 Å². The Bertz CT molecular complexity index is 1190. The average molecular weight is 490 g/mol. The minimum atomic E-state index is -0.943. The van der Waals surface area contributed by atoms with Gasteiger partial charge in [-0.15, -0.1) is 0 Å². The molecule has 0 saturated carbocycles. The predicted octanol–water partition coefficient (Wildman–Crippen LogP) is 4.42. The Morgan fingerprint density at radius 2 is 1.75 bits per heavy atom. The van der Waals surface area contributed by atoms with Crippen molar-refractivity contribution < 1.29 is 19.7 Å². The normalized spacial score (nSPS) is 17.9. The fourth-order valence-corrected chi connectivity index (χ4v) is 5.72. The molecule has 0 amide bonds. The fraction of sp³-hybridized carbons (Fsp3) is 0.448. The summed E-state index contributed by atoms with van der Waals surface area (Å²) in [6.07, 6.45) is 6.20. The van der Waals surface area contributed by atoms with Crippen LogP contribution in [0.5, 0.6) is 5.75 Å². The number of aromatic nitrogens is 1. The van der Waals surface area contributed by atoms with E-state index >= 15 is 0 Å². The van der Waals surface area contributed by atoms with Crippen LogP contribution in [-0.4, -0.2) is 76.4 Å². The zero-order chi connectivity index (χ0) is 24.9. The van der Waals surface area contributed by atoms with Crippen molar-refractivity contribution in [1.29, 1.82) is 0 Å². The van der Waals surface area contributed by atoms with E-state index in [0.29, 0.717) is 40.5 Å². The molecule has 3 heterocycles. The number of likely N-dealkylation sites (tertiary alicyclic amines) is 2. The van der Waals surface area contributed by atoms with Crippen LogP contribution >= 0.6 is 0 Å². The second-order valence-electron chi connectivity index (χ2n) is 9.84. The number of hydrogen-bond acceptors (Lipinski definition) is 6. The first-order valence-corrected chi connectivity index (χ1v) is 13.1. The molecule has 0 atom stereocenters. The number of carboxylic acid groups (broad SMARTS) is 1. The molecule has 7 nitrogen and oxygen atoms in total. The second-order valence-corrected chi connectivity index (χ2v) is 9.84. The fourth-order valence-electron chi connectivity index (χ4n) is 5.72. The molecule has 0 spiro atoms. The Morgan fingerprint density at radius 3 is 2.44 bits per heavy atom. The number of aliphatic hydroxyl groups is 1. The van der Waals surface area contributed by atoms with E-state index < -0.39 is 5.97 Å². The third-order valence-corrected chi connectivity index (χ3v) is 7.53. The molecule has 36 heavy (non-hydrogen) atoms. The largest absolute Gasteiger partial charge is 0.491 e. The molecule has 1 aromatic heterocycles. The molecule has 7 heteroatoms. The van der Waals surface area contributed by atoms with E-state index in [1.807, 2.05) is 30.3 Å². The molecule has 2 N–H and O–H groups in total. The van der Waals surface area contributed by atoms with Crippen LogP contribution in [0.1, 0.15) is 48.0 Å². The molecule has 2 saturated heterocycles. The van der Waals surface area contributed by atoms with Crippen LogP contribution in [0, 0.1) is 0 Å². The van der Waals surface area contributed by atoms with Gasteiger partial charge in [0.15, 0.2) is 0 Å². The third kappa shape index (κ3) is 5.38. The Balaban J connectivity index is 1.49. The number of carboxylic acids is 1. The number of nitrogens with zero attached hydrogens (tertiary/aromatic N) is 3. The first-order chi connectivity index (χ1) is 17.6. The van der Waals surface area contributed by atoms with Gasteiger partial charge < -0.3 is 19.8 Å². The van der Waals surface area contributed by atoms with Gasteiger partial charge in [-0.2, -0.15) is 0 Å². The van der Waals surface area contributed by atoms with Crippen LogP contribution in [0.25, 0.3) is 22.2 Å². The molecular weight excluding hydrogens is 454 g/mol.